The molecule has 0 aromatic carbocycles. The topological polar surface area (TPSA) is 184 Å². The van der Waals surface area contributed by atoms with E-state index in [1.807, 2.05) is 5.32 Å². The van der Waals surface area contributed by atoms with Gasteiger partial charge in [0.15, 0.2) is 5.78 Å². The number of hydrogen-bond donors (Lipinski definition) is 5. The largest absolute Gasteiger partial charge is 0.481 e. The van der Waals surface area contributed by atoms with Crippen LogP contribution < -0.4 is 11.1 Å². The molecule has 0 aliphatic carbocycles. The first-order valence-corrected chi connectivity index (χ1v) is 5.79. The highest BCUT2D eigenvalue weighted by Crippen LogP contribution is 2.14. The number of hydrogen-bond acceptors (Lipinski definition) is 6. The summed E-state index contributed by atoms with van der Waals surface area (Å²) in [5.74, 6) is -7.91. The van der Waals surface area contributed by atoms with Gasteiger partial charge in [-0.05, 0) is 0 Å². The zero-order valence-corrected chi connectivity index (χ0v) is 11.1. The summed E-state index contributed by atoms with van der Waals surface area (Å²) in [7, 11) is 0. The Balaban J connectivity index is 5.35. The number of Topliss-reactive ketones (excluding diaryl/α,β-unsaturated/α-hetero) is 1. The van der Waals surface area contributed by atoms with Crippen molar-refractivity contribution in [1.29, 1.82) is 0 Å². The predicted octanol–water partition coefficient (Wildman–Crippen LogP) is -1.96. The molecule has 0 aromatic rings. The molecule has 0 aromatic heterocycles. The quantitative estimate of drug-likeness (QED) is 0.322. The Bertz CT molecular complexity index is 445. The molecule has 21 heavy (non-hydrogen) atoms. The van der Waals surface area contributed by atoms with Crippen molar-refractivity contribution in [2.75, 3.05) is 0 Å². The molecule has 0 bridgehead atoms. The van der Waals surface area contributed by atoms with Crippen LogP contribution in [0.3, 0.4) is 0 Å². The number of rotatable bonds is 9. The van der Waals surface area contributed by atoms with Crippen molar-refractivity contribution in [3.8, 4) is 0 Å². The highest BCUT2D eigenvalue weighted by Gasteiger charge is 2.37. The van der Waals surface area contributed by atoms with E-state index in [0.717, 1.165) is 6.92 Å². The van der Waals surface area contributed by atoms with Crippen LogP contribution in [-0.2, 0) is 24.0 Å². The fourth-order valence-electron chi connectivity index (χ4n) is 1.67. The fourth-order valence-corrected chi connectivity index (χ4v) is 1.67. The lowest BCUT2D eigenvalue weighted by Crippen LogP contribution is -2.51. The van der Waals surface area contributed by atoms with Gasteiger partial charge in [0.2, 0.25) is 5.91 Å². The molecule has 6 N–H and O–H groups in total. The maximum Gasteiger partial charge on any atom is 0.321 e. The van der Waals surface area contributed by atoms with Gasteiger partial charge in [-0.25, -0.2) is 0 Å². The molecule has 1 amide bonds. The summed E-state index contributed by atoms with van der Waals surface area (Å²) in [6.07, 6.45) is -1.69. The third kappa shape index (κ3) is 6.47. The molecule has 3 atom stereocenters. The van der Waals surface area contributed by atoms with Gasteiger partial charge in [0.05, 0.1) is 24.8 Å². The maximum absolute atomic E-state index is 12.1. The molecule has 10 nitrogen and oxygen atoms in total. The van der Waals surface area contributed by atoms with Gasteiger partial charge in [-0.1, -0.05) is 0 Å². The first kappa shape index (κ1) is 18.5. The minimum atomic E-state index is -1.82. The zero-order valence-electron chi connectivity index (χ0n) is 11.1. The van der Waals surface area contributed by atoms with E-state index in [4.69, 9.17) is 21.1 Å². The smallest absolute Gasteiger partial charge is 0.321 e. The van der Waals surface area contributed by atoms with Gasteiger partial charge in [-0.2, -0.15) is 0 Å². The van der Waals surface area contributed by atoms with Crippen LogP contribution in [0.2, 0.25) is 0 Å². The molecular weight excluding hydrogens is 288 g/mol. The van der Waals surface area contributed by atoms with Crippen LogP contribution in [-0.4, -0.2) is 57.0 Å². The highest BCUT2D eigenvalue weighted by molar-refractivity contribution is 5.97. The SMILES string of the molecule is CC(=O)N[C@@H](CC(=O)O)C(=O)C(CC(=O)O)[C@H](N)C(=O)O. The first-order chi connectivity index (χ1) is 9.56. The van der Waals surface area contributed by atoms with Crippen molar-refractivity contribution < 1.29 is 39.3 Å². The Morgan fingerprint density at radius 2 is 1.48 bits per heavy atom. The molecule has 0 aliphatic heterocycles. The fraction of sp³-hybridized carbons (Fsp3) is 0.545. The van der Waals surface area contributed by atoms with Crippen molar-refractivity contribution >= 4 is 29.6 Å². The number of aliphatic carboxylic acids is 3. The van der Waals surface area contributed by atoms with Crippen LogP contribution in [0.1, 0.15) is 19.8 Å². The minimum absolute atomic E-state index is 0.715. The van der Waals surface area contributed by atoms with Crippen molar-refractivity contribution in [2.45, 2.75) is 31.8 Å². The monoisotopic (exact) mass is 304 g/mol. The molecule has 0 fully saturated rings. The van der Waals surface area contributed by atoms with Gasteiger partial charge in [0.25, 0.3) is 0 Å². The van der Waals surface area contributed by atoms with Crippen LogP contribution in [0.5, 0.6) is 0 Å². The zero-order chi connectivity index (χ0) is 16.7. The number of carbonyl (C=O) groups is 5. The number of nitrogens with one attached hydrogen (secondary N) is 1. The molecule has 0 saturated carbocycles. The van der Waals surface area contributed by atoms with E-state index in [2.05, 4.69) is 0 Å². The second-order valence-corrected chi connectivity index (χ2v) is 4.32. The minimum Gasteiger partial charge on any atom is -0.481 e. The Morgan fingerprint density at radius 1 is 1.00 bits per heavy atom. The highest BCUT2D eigenvalue weighted by atomic mass is 16.4. The summed E-state index contributed by atoms with van der Waals surface area (Å²) in [4.78, 5) is 55.3. The lowest BCUT2D eigenvalue weighted by molar-refractivity contribution is -0.147. The Labute approximate surface area is 118 Å². The standard InChI is InChI=1S/C11H16N2O8/c1-4(14)13-6(3-8(17)18)10(19)5(2-7(15)16)9(12)11(20)21/h5-6,9H,2-3,12H2,1H3,(H,13,14)(H,15,16)(H,17,18)(H,20,21)/t5?,6-,9-/m0/s1. The average molecular weight is 304 g/mol. The lowest BCUT2D eigenvalue weighted by Gasteiger charge is -2.23. The summed E-state index contributed by atoms with van der Waals surface area (Å²) < 4.78 is 0. The molecule has 0 rings (SSSR count). The summed E-state index contributed by atoms with van der Waals surface area (Å²) in [6, 6.07) is -3.37. The predicted molar refractivity (Wildman–Crippen MR) is 66.2 cm³/mol. The van der Waals surface area contributed by atoms with Gasteiger partial charge < -0.3 is 26.4 Å². The van der Waals surface area contributed by atoms with Gasteiger partial charge in [0, 0.05) is 6.92 Å². The van der Waals surface area contributed by atoms with Crippen LogP contribution in [0.15, 0.2) is 0 Å². The molecule has 1 unspecified atom stereocenters. The summed E-state index contributed by atoms with van der Waals surface area (Å²) >= 11 is 0. The van der Waals surface area contributed by atoms with Gasteiger partial charge >= 0.3 is 17.9 Å². The third-order valence-corrected chi connectivity index (χ3v) is 2.58. The molecule has 0 radical (unpaired) electrons. The lowest BCUT2D eigenvalue weighted by atomic mass is 9.87. The van der Waals surface area contributed by atoms with E-state index in [9.17, 15) is 24.0 Å². The van der Waals surface area contributed by atoms with Crippen LogP contribution in [0.25, 0.3) is 0 Å². The summed E-state index contributed by atoms with van der Waals surface area (Å²) in [5, 5.41) is 28.2. The van der Waals surface area contributed by atoms with E-state index < -0.39 is 60.4 Å². The van der Waals surface area contributed by atoms with Gasteiger partial charge in [0.1, 0.15) is 6.04 Å². The molecule has 118 valence electrons. The van der Waals surface area contributed by atoms with Crippen molar-refractivity contribution in [3.63, 3.8) is 0 Å². The molecule has 0 aliphatic rings. The molecule has 0 spiro atoms. The molecule has 0 heterocycles. The maximum atomic E-state index is 12.1. The van der Waals surface area contributed by atoms with E-state index in [1.165, 1.54) is 0 Å². The normalized spacial score (nSPS) is 14.6. The second-order valence-electron chi connectivity index (χ2n) is 4.32. The average Bonchev–Trinajstić information content (AvgIpc) is 2.31. The second kappa shape index (κ2) is 7.94. The Morgan fingerprint density at radius 3 is 1.81 bits per heavy atom. The van der Waals surface area contributed by atoms with Gasteiger partial charge in [-0.3, -0.25) is 24.0 Å². The number of carboxylic acid groups (broad SMARTS) is 3. The Hall–Kier alpha value is -2.49. The number of nitrogens with two attached hydrogens (primary N) is 1. The van der Waals surface area contributed by atoms with E-state index in [-0.39, 0.29) is 0 Å². The third-order valence-electron chi connectivity index (χ3n) is 2.58. The van der Waals surface area contributed by atoms with Crippen LogP contribution in [0.4, 0.5) is 0 Å². The van der Waals surface area contributed by atoms with Crippen LogP contribution in [0, 0.1) is 5.92 Å². The number of ketones is 1. The summed E-state index contributed by atoms with van der Waals surface area (Å²) in [5.41, 5.74) is 5.27. The Kier molecular flexibility index (Phi) is 7.00. The van der Waals surface area contributed by atoms with E-state index >= 15 is 0 Å². The van der Waals surface area contributed by atoms with Crippen molar-refractivity contribution in [3.05, 3.63) is 0 Å². The first-order valence-electron chi connectivity index (χ1n) is 5.79. The molecule has 0 saturated heterocycles. The summed E-state index contributed by atoms with van der Waals surface area (Å²) in [6.45, 7) is 1.03. The number of carbonyl (C=O) groups excluding carboxylic acids is 2. The molecule has 10 heteroatoms. The molecular formula is C11H16N2O8. The van der Waals surface area contributed by atoms with E-state index in [0.29, 0.717) is 0 Å². The number of amides is 1. The number of carboxylic acids is 3. The van der Waals surface area contributed by atoms with Crippen molar-refractivity contribution in [2.24, 2.45) is 11.7 Å². The van der Waals surface area contributed by atoms with Gasteiger partial charge in [-0.15, -0.1) is 0 Å². The van der Waals surface area contributed by atoms with Crippen molar-refractivity contribution in [1.82, 2.24) is 5.32 Å². The van der Waals surface area contributed by atoms with E-state index in [1.54, 1.807) is 0 Å². The van der Waals surface area contributed by atoms with Crippen LogP contribution >= 0.6 is 0 Å².